The number of nitrogens with two attached hydrogens (primary N) is 1. The van der Waals surface area contributed by atoms with E-state index in [-0.39, 0.29) is 11.3 Å². The maximum absolute atomic E-state index is 9.58. The van der Waals surface area contributed by atoms with Crippen LogP contribution in [0.15, 0.2) is 18.2 Å². The predicted molar refractivity (Wildman–Crippen MR) is 59.1 cm³/mol. The van der Waals surface area contributed by atoms with Crippen molar-refractivity contribution >= 4 is 0 Å². The minimum absolute atomic E-state index is 0.0789. The fourth-order valence-corrected chi connectivity index (χ4v) is 1.69. The normalized spacial score (nSPS) is 17.5. The number of hydrogen-bond donors (Lipinski definition) is 2. The molecule has 1 aromatic rings. The van der Waals surface area contributed by atoms with Gasteiger partial charge in [0.2, 0.25) is 0 Å². The van der Waals surface area contributed by atoms with Crippen LogP contribution in [0.2, 0.25) is 0 Å². The van der Waals surface area contributed by atoms with E-state index in [1.807, 2.05) is 6.07 Å². The fourth-order valence-electron chi connectivity index (χ4n) is 1.69. The van der Waals surface area contributed by atoms with Gasteiger partial charge in [-0.1, -0.05) is 6.07 Å². The third kappa shape index (κ3) is 2.42. The highest BCUT2D eigenvalue weighted by atomic mass is 16.5. The van der Waals surface area contributed by atoms with Crippen LogP contribution in [0.25, 0.3) is 0 Å². The van der Waals surface area contributed by atoms with E-state index >= 15 is 0 Å². The molecule has 0 heterocycles. The molecule has 1 saturated carbocycles. The molecule has 0 bridgehead atoms. The van der Waals surface area contributed by atoms with Crippen molar-refractivity contribution in [1.29, 1.82) is 0 Å². The monoisotopic (exact) mass is 207 g/mol. The second-order valence-corrected chi connectivity index (χ2v) is 4.37. The first-order valence-electron chi connectivity index (χ1n) is 5.28. The van der Waals surface area contributed by atoms with Crippen molar-refractivity contribution in [3.63, 3.8) is 0 Å². The van der Waals surface area contributed by atoms with Crippen molar-refractivity contribution in [1.82, 2.24) is 0 Å². The summed E-state index contributed by atoms with van der Waals surface area (Å²) in [4.78, 5) is 0. The van der Waals surface area contributed by atoms with E-state index in [0.717, 1.165) is 31.2 Å². The smallest absolute Gasteiger partial charge is 0.160 e. The second-order valence-electron chi connectivity index (χ2n) is 4.37. The Hall–Kier alpha value is -1.22. The molecule has 3 heteroatoms. The van der Waals surface area contributed by atoms with Gasteiger partial charge in [0.15, 0.2) is 11.5 Å². The van der Waals surface area contributed by atoms with Crippen LogP contribution in [-0.2, 0) is 6.42 Å². The molecule has 2 rings (SSSR count). The average Bonchev–Trinajstić information content (AvgIpc) is 2.95. The summed E-state index contributed by atoms with van der Waals surface area (Å²) in [5.41, 5.74) is 7.20. The van der Waals surface area contributed by atoms with Gasteiger partial charge >= 0.3 is 0 Å². The van der Waals surface area contributed by atoms with E-state index in [1.165, 1.54) is 0 Å². The van der Waals surface area contributed by atoms with Crippen LogP contribution in [0.5, 0.6) is 11.5 Å². The largest absolute Gasteiger partial charge is 0.504 e. The number of phenols is 1. The number of benzene rings is 1. The molecule has 82 valence electrons. The lowest BCUT2D eigenvalue weighted by Gasteiger charge is -2.09. The molecule has 1 aromatic carbocycles. The van der Waals surface area contributed by atoms with Crippen LogP contribution in [0.3, 0.4) is 0 Å². The fraction of sp³-hybridized carbons (Fsp3) is 0.500. The Morgan fingerprint density at radius 2 is 2.20 bits per heavy atom. The van der Waals surface area contributed by atoms with E-state index < -0.39 is 0 Å². The van der Waals surface area contributed by atoms with Gasteiger partial charge in [-0.05, 0) is 43.4 Å². The maximum Gasteiger partial charge on any atom is 0.160 e. The minimum atomic E-state index is 0.0789. The number of aryl methyl sites for hydroxylation is 1. The van der Waals surface area contributed by atoms with Crippen molar-refractivity contribution in [3.8, 4) is 11.5 Å². The summed E-state index contributed by atoms with van der Waals surface area (Å²) in [6.45, 7) is 0. The zero-order valence-corrected chi connectivity index (χ0v) is 8.99. The maximum atomic E-state index is 9.58. The van der Waals surface area contributed by atoms with Crippen molar-refractivity contribution in [2.45, 2.75) is 31.2 Å². The average molecular weight is 207 g/mol. The van der Waals surface area contributed by atoms with E-state index in [2.05, 4.69) is 0 Å². The summed E-state index contributed by atoms with van der Waals surface area (Å²) in [6, 6.07) is 5.52. The highest BCUT2D eigenvalue weighted by Gasteiger charge is 2.37. The van der Waals surface area contributed by atoms with Crippen molar-refractivity contribution in [2.24, 2.45) is 5.73 Å². The topological polar surface area (TPSA) is 55.5 Å². The standard InChI is InChI=1S/C12H17NO2/c1-15-11-3-2-9(8-10(11)14)4-5-12(13)6-7-12/h2-3,8,14H,4-7,13H2,1H3. The van der Waals surface area contributed by atoms with Gasteiger partial charge in [0.05, 0.1) is 7.11 Å². The number of ether oxygens (including phenoxy) is 1. The quantitative estimate of drug-likeness (QED) is 0.791. The lowest BCUT2D eigenvalue weighted by atomic mass is 10.0. The third-order valence-electron chi connectivity index (χ3n) is 3.05. The lowest BCUT2D eigenvalue weighted by molar-refractivity contribution is 0.373. The summed E-state index contributed by atoms with van der Waals surface area (Å²) in [6.07, 6.45) is 4.19. The molecule has 0 unspecified atom stereocenters. The Morgan fingerprint density at radius 3 is 2.73 bits per heavy atom. The molecule has 0 aliphatic heterocycles. The predicted octanol–water partition coefficient (Wildman–Crippen LogP) is 1.82. The summed E-state index contributed by atoms with van der Waals surface area (Å²) >= 11 is 0. The SMILES string of the molecule is COc1ccc(CCC2(N)CC2)cc1O. The van der Waals surface area contributed by atoms with Gasteiger partial charge in [-0.15, -0.1) is 0 Å². The number of hydrogen-bond acceptors (Lipinski definition) is 3. The summed E-state index contributed by atoms with van der Waals surface area (Å²) in [7, 11) is 1.55. The molecule has 0 spiro atoms. The van der Waals surface area contributed by atoms with Crippen LogP contribution in [0.4, 0.5) is 0 Å². The van der Waals surface area contributed by atoms with Gasteiger partial charge in [0, 0.05) is 5.54 Å². The molecule has 0 radical (unpaired) electrons. The van der Waals surface area contributed by atoms with Crippen LogP contribution < -0.4 is 10.5 Å². The summed E-state index contributed by atoms with van der Waals surface area (Å²) < 4.78 is 4.98. The third-order valence-corrected chi connectivity index (χ3v) is 3.05. The molecule has 1 aliphatic rings. The second kappa shape index (κ2) is 3.74. The van der Waals surface area contributed by atoms with E-state index in [9.17, 15) is 5.11 Å². The molecule has 1 fully saturated rings. The number of phenolic OH excluding ortho intramolecular Hbond substituents is 1. The van der Waals surface area contributed by atoms with Crippen LogP contribution in [0.1, 0.15) is 24.8 Å². The molecule has 0 aromatic heterocycles. The molecule has 1 aliphatic carbocycles. The van der Waals surface area contributed by atoms with Crippen molar-refractivity contribution in [2.75, 3.05) is 7.11 Å². The van der Waals surface area contributed by atoms with Crippen molar-refractivity contribution in [3.05, 3.63) is 23.8 Å². The van der Waals surface area contributed by atoms with Gasteiger partial charge in [0.1, 0.15) is 0 Å². The molecular formula is C12H17NO2. The zero-order valence-electron chi connectivity index (χ0n) is 8.99. The van der Waals surface area contributed by atoms with E-state index in [0.29, 0.717) is 5.75 Å². The minimum Gasteiger partial charge on any atom is -0.504 e. The molecular weight excluding hydrogens is 190 g/mol. The van der Waals surface area contributed by atoms with E-state index in [4.69, 9.17) is 10.5 Å². The molecule has 0 saturated heterocycles. The van der Waals surface area contributed by atoms with Gasteiger partial charge in [0.25, 0.3) is 0 Å². The van der Waals surface area contributed by atoms with Gasteiger partial charge < -0.3 is 15.6 Å². The number of rotatable bonds is 4. The zero-order chi connectivity index (χ0) is 10.9. The summed E-state index contributed by atoms with van der Waals surface area (Å²) in [5.74, 6) is 0.726. The Labute approximate surface area is 89.9 Å². The molecule has 3 nitrogen and oxygen atoms in total. The molecule has 3 N–H and O–H groups in total. The van der Waals surface area contributed by atoms with Gasteiger partial charge in [-0.3, -0.25) is 0 Å². The highest BCUT2D eigenvalue weighted by molar-refractivity contribution is 5.41. The van der Waals surface area contributed by atoms with Gasteiger partial charge in [-0.25, -0.2) is 0 Å². The van der Waals surface area contributed by atoms with Crippen LogP contribution in [-0.4, -0.2) is 17.8 Å². The van der Waals surface area contributed by atoms with Crippen LogP contribution >= 0.6 is 0 Å². The Balaban J connectivity index is 1.99. The van der Waals surface area contributed by atoms with Crippen LogP contribution in [0, 0.1) is 0 Å². The first kappa shape index (κ1) is 10.3. The Morgan fingerprint density at radius 1 is 1.47 bits per heavy atom. The molecule has 0 amide bonds. The molecule has 15 heavy (non-hydrogen) atoms. The first-order chi connectivity index (χ1) is 7.13. The first-order valence-corrected chi connectivity index (χ1v) is 5.28. The number of aromatic hydroxyl groups is 1. The highest BCUT2D eigenvalue weighted by Crippen LogP contribution is 2.37. The summed E-state index contributed by atoms with van der Waals surface area (Å²) in [5, 5.41) is 9.58. The Bertz CT molecular complexity index is 359. The van der Waals surface area contributed by atoms with E-state index in [1.54, 1.807) is 19.2 Å². The lowest BCUT2D eigenvalue weighted by Crippen LogP contribution is -2.22. The van der Waals surface area contributed by atoms with Gasteiger partial charge in [-0.2, -0.15) is 0 Å². The van der Waals surface area contributed by atoms with Crippen molar-refractivity contribution < 1.29 is 9.84 Å². The molecule has 0 atom stereocenters. The Kier molecular flexibility index (Phi) is 2.57. The number of methoxy groups -OCH3 is 1.